The Balaban J connectivity index is 1.86. The Labute approximate surface area is 231 Å². The van der Waals surface area contributed by atoms with E-state index in [9.17, 15) is 9.59 Å². The van der Waals surface area contributed by atoms with E-state index in [0.29, 0.717) is 51.1 Å². The van der Waals surface area contributed by atoms with Gasteiger partial charge in [0, 0.05) is 0 Å². The highest BCUT2D eigenvalue weighted by molar-refractivity contribution is 7.07. The van der Waals surface area contributed by atoms with Crippen LogP contribution in [0, 0.1) is 0 Å². The average molecular weight is 551 g/mol. The second kappa shape index (κ2) is 12.3. The lowest BCUT2D eigenvalue weighted by molar-refractivity contribution is -0.139. The highest BCUT2D eigenvalue weighted by atomic mass is 32.1. The van der Waals surface area contributed by atoms with Crippen LogP contribution in [0.4, 0.5) is 0 Å². The van der Waals surface area contributed by atoms with E-state index < -0.39 is 12.0 Å². The van der Waals surface area contributed by atoms with Gasteiger partial charge in [0.05, 0.1) is 47.8 Å². The van der Waals surface area contributed by atoms with Gasteiger partial charge in [0.1, 0.15) is 5.75 Å². The maximum atomic E-state index is 13.9. The van der Waals surface area contributed by atoms with Gasteiger partial charge in [0.15, 0.2) is 16.3 Å². The van der Waals surface area contributed by atoms with Gasteiger partial charge in [-0.2, -0.15) is 0 Å². The summed E-state index contributed by atoms with van der Waals surface area (Å²) in [5.74, 6) is 1.48. The lowest BCUT2D eigenvalue weighted by atomic mass is 9.96. The maximum absolute atomic E-state index is 13.9. The molecule has 4 rings (SSSR count). The first kappa shape index (κ1) is 28.2. The number of rotatable bonds is 10. The number of thiazole rings is 1. The summed E-state index contributed by atoms with van der Waals surface area (Å²) in [6.45, 7) is 12.5. The molecule has 2 aromatic carbocycles. The zero-order chi connectivity index (χ0) is 28.1. The summed E-state index contributed by atoms with van der Waals surface area (Å²) < 4.78 is 24.7. The zero-order valence-corrected chi connectivity index (χ0v) is 24.0. The molecule has 2 heterocycles. The monoisotopic (exact) mass is 550 g/mol. The third-order valence-electron chi connectivity index (χ3n) is 5.95. The molecule has 1 aliphatic rings. The number of benzene rings is 2. The highest BCUT2D eigenvalue weighted by Gasteiger charge is 2.33. The number of fused-ring (bicyclic) bond motifs is 1. The van der Waals surface area contributed by atoms with Gasteiger partial charge in [-0.25, -0.2) is 9.79 Å². The molecule has 39 heavy (non-hydrogen) atoms. The lowest BCUT2D eigenvalue weighted by Gasteiger charge is -2.24. The Morgan fingerprint density at radius 2 is 1.74 bits per heavy atom. The number of nitrogens with zero attached hydrogens (tertiary/aromatic N) is 2. The normalized spacial score (nSPS) is 15.2. The molecule has 0 saturated carbocycles. The van der Waals surface area contributed by atoms with Crippen molar-refractivity contribution >= 4 is 23.4 Å². The Kier molecular flexibility index (Phi) is 8.91. The highest BCUT2D eigenvalue weighted by Crippen LogP contribution is 2.32. The van der Waals surface area contributed by atoms with Gasteiger partial charge < -0.3 is 18.9 Å². The fourth-order valence-corrected chi connectivity index (χ4v) is 5.45. The average Bonchev–Trinajstić information content (AvgIpc) is 3.19. The van der Waals surface area contributed by atoms with Crippen LogP contribution in [0.15, 0.2) is 63.5 Å². The molecule has 0 bridgehead atoms. The van der Waals surface area contributed by atoms with E-state index >= 15 is 0 Å². The van der Waals surface area contributed by atoms with Gasteiger partial charge in [-0.15, -0.1) is 0 Å². The Morgan fingerprint density at radius 1 is 1.03 bits per heavy atom. The van der Waals surface area contributed by atoms with Crippen LogP contribution in [0.5, 0.6) is 17.2 Å². The molecule has 3 aromatic rings. The number of hydrogen-bond donors (Lipinski definition) is 0. The fraction of sp³-hybridized carbons (Fsp3) is 0.367. The molecule has 1 aromatic heterocycles. The van der Waals surface area contributed by atoms with Crippen LogP contribution in [0.25, 0.3) is 6.08 Å². The van der Waals surface area contributed by atoms with E-state index in [-0.39, 0.29) is 18.3 Å². The molecular weight excluding hydrogens is 516 g/mol. The summed E-state index contributed by atoms with van der Waals surface area (Å²) in [7, 11) is 0. The van der Waals surface area contributed by atoms with Crippen LogP contribution in [0.1, 0.15) is 58.7 Å². The summed E-state index contributed by atoms with van der Waals surface area (Å²) >= 11 is 1.28. The second-order valence-electron chi connectivity index (χ2n) is 9.11. The second-order valence-corrected chi connectivity index (χ2v) is 10.1. The molecule has 8 nitrogen and oxygen atoms in total. The molecule has 0 fully saturated rings. The van der Waals surface area contributed by atoms with Crippen molar-refractivity contribution < 1.29 is 23.7 Å². The van der Waals surface area contributed by atoms with Crippen molar-refractivity contribution in [3.05, 3.63) is 84.5 Å². The summed E-state index contributed by atoms with van der Waals surface area (Å²) in [5.41, 5.74) is 2.17. The fourth-order valence-electron chi connectivity index (χ4n) is 4.41. The number of carbonyl (C=O) groups is 1. The van der Waals surface area contributed by atoms with Crippen LogP contribution in [-0.2, 0) is 9.53 Å². The van der Waals surface area contributed by atoms with Crippen molar-refractivity contribution in [3.8, 4) is 17.2 Å². The number of esters is 1. The summed E-state index contributed by atoms with van der Waals surface area (Å²) in [4.78, 5) is 32.1. The molecule has 1 aliphatic heterocycles. The van der Waals surface area contributed by atoms with Crippen molar-refractivity contribution in [1.82, 2.24) is 4.57 Å². The number of carbonyl (C=O) groups excluding carboxylic acids is 1. The molecule has 9 heteroatoms. The van der Waals surface area contributed by atoms with Gasteiger partial charge >= 0.3 is 5.97 Å². The van der Waals surface area contributed by atoms with Crippen molar-refractivity contribution in [1.29, 1.82) is 0 Å². The summed E-state index contributed by atoms with van der Waals surface area (Å²) in [6, 6.07) is 12.3. The van der Waals surface area contributed by atoms with E-state index in [1.54, 1.807) is 18.4 Å². The first-order chi connectivity index (χ1) is 18.8. The van der Waals surface area contributed by atoms with Crippen LogP contribution in [-0.4, -0.2) is 36.5 Å². The van der Waals surface area contributed by atoms with Gasteiger partial charge in [0.25, 0.3) is 5.56 Å². The van der Waals surface area contributed by atoms with Gasteiger partial charge in [-0.3, -0.25) is 9.36 Å². The molecule has 1 atom stereocenters. The van der Waals surface area contributed by atoms with Crippen molar-refractivity contribution in [2.45, 2.75) is 53.7 Å². The van der Waals surface area contributed by atoms with Crippen LogP contribution in [0.2, 0.25) is 0 Å². The Hall–Kier alpha value is -3.85. The topological polar surface area (TPSA) is 88.4 Å². The van der Waals surface area contributed by atoms with E-state index in [4.69, 9.17) is 18.9 Å². The lowest BCUT2D eigenvalue weighted by Crippen LogP contribution is -2.39. The minimum absolute atomic E-state index is 0.00168. The first-order valence-corrected chi connectivity index (χ1v) is 13.9. The number of hydrogen-bond acceptors (Lipinski definition) is 8. The minimum Gasteiger partial charge on any atom is -0.494 e. The molecule has 0 saturated heterocycles. The number of allylic oxidation sites excluding steroid dienone is 1. The predicted octanol–water partition coefficient (Wildman–Crippen LogP) is 4.38. The molecule has 0 unspecified atom stereocenters. The first-order valence-electron chi connectivity index (χ1n) is 13.1. The molecule has 0 spiro atoms. The predicted molar refractivity (Wildman–Crippen MR) is 151 cm³/mol. The molecule has 206 valence electrons. The molecular formula is C30H34N2O6S. The van der Waals surface area contributed by atoms with Crippen LogP contribution < -0.4 is 29.1 Å². The summed E-state index contributed by atoms with van der Waals surface area (Å²) in [5, 5.41) is 0. The van der Waals surface area contributed by atoms with Gasteiger partial charge in [-0.05, 0) is 83.0 Å². The molecule has 0 aliphatic carbocycles. The van der Waals surface area contributed by atoms with Gasteiger partial charge in [0.2, 0.25) is 0 Å². The Morgan fingerprint density at radius 3 is 2.38 bits per heavy atom. The minimum atomic E-state index is -0.682. The van der Waals surface area contributed by atoms with Crippen molar-refractivity contribution in [2.24, 2.45) is 4.99 Å². The van der Waals surface area contributed by atoms with E-state index in [1.165, 1.54) is 11.3 Å². The van der Waals surface area contributed by atoms with E-state index in [0.717, 1.165) is 11.1 Å². The quantitative estimate of drug-likeness (QED) is 0.348. The number of ether oxygens (including phenoxy) is 4. The zero-order valence-electron chi connectivity index (χ0n) is 23.1. The summed E-state index contributed by atoms with van der Waals surface area (Å²) in [6.07, 6.45) is 1.81. The maximum Gasteiger partial charge on any atom is 0.338 e. The van der Waals surface area contributed by atoms with Gasteiger partial charge in [-0.1, -0.05) is 29.5 Å². The molecule has 0 N–H and O–H groups in total. The largest absolute Gasteiger partial charge is 0.494 e. The Bertz CT molecular complexity index is 1550. The van der Waals surface area contributed by atoms with Crippen molar-refractivity contribution in [2.75, 3.05) is 19.8 Å². The van der Waals surface area contributed by atoms with Crippen LogP contribution >= 0.6 is 11.3 Å². The van der Waals surface area contributed by atoms with E-state index in [2.05, 4.69) is 4.99 Å². The standard InChI is InChI=1S/C30H34N2O6S/c1-7-35-22-13-11-21(12-14-22)27-26(29(34)37-9-3)19(6)31-30-32(27)28(33)25(39-30)17-20-10-15-23(38-18(4)5)24(16-20)36-8-2/h10-18,27H,7-9H2,1-6H3/b25-17-/t27-/m0/s1. The molecule has 0 amide bonds. The number of aromatic nitrogens is 1. The van der Waals surface area contributed by atoms with E-state index in [1.807, 2.05) is 76.2 Å². The smallest absolute Gasteiger partial charge is 0.338 e. The third-order valence-corrected chi connectivity index (χ3v) is 6.93. The molecule has 0 radical (unpaired) electrons. The SMILES string of the molecule is CCOC(=O)C1=C(C)N=c2s/c(=C\c3ccc(OC(C)C)c(OCC)c3)c(=O)n2[C@H]1c1ccc(OCC)cc1. The van der Waals surface area contributed by atoms with Crippen molar-refractivity contribution in [3.63, 3.8) is 0 Å². The third kappa shape index (κ3) is 6.09. The van der Waals surface area contributed by atoms with Crippen LogP contribution in [0.3, 0.4) is 0 Å².